The minimum absolute atomic E-state index is 0.114. The van der Waals surface area contributed by atoms with E-state index in [0.29, 0.717) is 23.7 Å². The first-order valence-corrected chi connectivity index (χ1v) is 7.82. The molecule has 1 aromatic heterocycles. The molecule has 0 spiro atoms. The van der Waals surface area contributed by atoms with Crippen molar-refractivity contribution in [1.29, 1.82) is 0 Å². The van der Waals surface area contributed by atoms with Gasteiger partial charge in [-0.15, -0.1) is 0 Å². The molecular weight excluding hydrogens is 300 g/mol. The van der Waals surface area contributed by atoms with E-state index < -0.39 is 0 Å². The molecule has 0 saturated heterocycles. The summed E-state index contributed by atoms with van der Waals surface area (Å²) in [6.07, 6.45) is 2.46. The molecule has 1 amide bonds. The summed E-state index contributed by atoms with van der Waals surface area (Å²) in [5, 5.41) is 2.93. The Hall–Kier alpha value is -3.14. The molecule has 4 heteroatoms. The minimum atomic E-state index is -0.114. The van der Waals surface area contributed by atoms with Gasteiger partial charge in [-0.2, -0.15) is 0 Å². The number of hydrogen-bond donors (Lipinski definition) is 1. The highest BCUT2D eigenvalue weighted by Gasteiger charge is 2.07. The van der Waals surface area contributed by atoms with Gasteiger partial charge in [0.1, 0.15) is 5.75 Å². The molecule has 2 aromatic carbocycles. The molecule has 0 fully saturated rings. The van der Waals surface area contributed by atoms with Crippen molar-refractivity contribution in [2.24, 2.45) is 0 Å². The van der Waals surface area contributed by atoms with Crippen LogP contribution in [0.1, 0.15) is 15.9 Å². The van der Waals surface area contributed by atoms with Crippen molar-refractivity contribution < 1.29 is 9.53 Å². The Kier molecular flexibility index (Phi) is 5.20. The molecule has 3 aromatic rings. The Labute approximate surface area is 141 Å². The Morgan fingerprint density at radius 1 is 0.958 bits per heavy atom. The molecule has 0 aliphatic rings. The zero-order valence-electron chi connectivity index (χ0n) is 13.2. The van der Waals surface area contributed by atoms with E-state index in [1.165, 1.54) is 5.56 Å². The maximum atomic E-state index is 12.3. The highest BCUT2D eigenvalue weighted by atomic mass is 16.5. The first kappa shape index (κ1) is 15.7. The van der Waals surface area contributed by atoms with Gasteiger partial charge in [0.2, 0.25) is 5.88 Å². The molecule has 0 bridgehead atoms. The molecular formula is C20H18N2O2. The minimum Gasteiger partial charge on any atom is -0.439 e. The summed E-state index contributed by atoms with van der Waals surface area (Å²) in [5.41, 5.74) is 1.77. The van der Waals surface area contributed by atoms with Crippen LogP contribution >= 0.6 is 0 Å². The van der Waals surface area contributed by atoms with E-state index in [9.17, 15) is 4.79 Å². The summed E-state index contributed by atoms with van der Waals surface area (Å²) < 4.78 is 5.65. The summed E-state index contributed by atoms with van der Waals surface area (Å²) >= 11 is 0. The van der Waals surface area contributed by atoms with Gasteiger partial charge < -0.3 is 10.1 Å². The maximum Gasteiger partial charge on any atom is 0.251 e. The fourth-order valence-corrected chi connectivity index (χ4v) is 2.30. The van der Waals surface area contributed by atoms with Crippen LogP contribution in [-0.4, -0.2) is 17.4 Å². The van der Waals surface area contributed by atoms with Gasteiger partial charge in [0, 0.05) is 24.4 Å². The second-order valence-corrected chi connectivity index (χ2v) is 5.29. The lowest BCUT2D eigenvalue weighted by Crippen LogP contribution is -2.25. The molecule has 0 unspecified atom stereocenters. The van der Waals surface area contributed by atoms with Crippen molar-refractivity contribution in [2.45, 2.75) is 6.42 Å². The van der Waals surface area contributed by atoms with Gasteiger partial charge in [-0.3, -0.25) is 4.79 Å². The van der Waals surface area contributed by atoms with Crippen LogP contribution < -0.4 is 10.1 Å². The molecule has 0 aliphatic carbocycles. The van der Waals surface area contributed by atoms with Crippen LogP contribution in [0.2, 0.25) is 0 Å². The van der Waals surface area contributed by atoms with Crippen molar-refractivity contribution in [3.8, 4) is 11.6 Å². The molecule has 0 saturated carbocycles. The average Bonchev–Trinajstić information content (AvgIpc) is 2.64. The number of amides is 1. The SMILES string of the molecule is O=C(NCCc1ccccc1)c1cccc(Oc2ccccn2)c1. The predicted octanol–water partition coefficient (Wildman–Crippen LogP) is 3.85. The number of pyridine rings is 1. The molecule has 24 heavy (non-hydrogen) atoms. The van der Waals surface area contributed by atoms with E-state index in [1.807, 2.05) is 42.5 Å². The third-order valence-electron chi connectivity index (χ3n) is 3.50. The Morgan fingerprint density at radius 3 is 2.58 bits per heavy atom. The lowest BCUT2D eigenvalue weighted by molar-refractivity contribution is 0.0954. The summed E-state index contributed by atoms with van der Waals surface area (Å²) in [5.74, 6) is 0.973. The van der Waals surface area contributed by atoms with Gasteiger partial charge in [0.05, 0.1) is 0 Å². The van der Waals surface area contributed by atoms with E-state index in [2.05, 4.69) is 10.3 Å². The van der Waals surface area contributed by atoms with Crippen molar-refractivity contribution in [3.63, 3.8) is 0 Å². The van der Waals surface area contributed by atoms with Gasteiger partial charge in [-0.05, 0) is 36.2 Å². The van der Waals surface area contributed by atoms with Crippen LogP contribution in [0.3, 0.4) is 0 Å². The summed E-state index contributed by atoms with van der Waals surface area (Å²) in [6.45, 7) is 0.591. The second-order valence-electron chi connectivity index (χ2n) is 5.29. The number of nitrogens with zero attached hydrogens (tertiary/aromatic N) is 1. The number of nitrogens with one attached hydrogen (secondary N) is 1. The molecule has 0 atom stereocenters. The van der Waals surface area contributed by atoms with Crippen LogP contribution in [0, 0.1) is 0 Å². The van der Waals surface area contributed by atoms with Crippen molar-refractivity contribution in [1.82, 2.24) is 10.3 Å². The molecule has 0 aliphatic heterocycles. The Balaban J connectivity index is 1.58. The molecule has 1 heterocycles. The van der Waals surface area contributed by atoms with Crippen LogP contribution in [0.4, 0.5) is 0 Å². The smallest absolute Gasteiger partial charge is 0.251 e. The van der Waals surface area contributed by atoms with Crippen LogP contribution in [-0.2, 0) is 6.42 Å². The molecule has 1 N–H and O–H groups in total. The average molecular weight is 318 g/mol. The van der Waals surface area contributed by atoms with Gasteiger partial charge in [-0.25, -0.2) is 4.98 Å². The zero-order chi connectivity index (χ0) is 16.6. The molecule has 0 radical (unpaired) electrons. The van der Waals surface area contributed by atoms with Crippen LogP contribution in [0.15, 0.2) is 79.0 Å². The van der Waals surface area contributed by atoms with Gasteiger partial charge in [0.15, 0.2) is 0 Å². The first-order valence-electron chi connectivity index (χ1n) is 7.82. The van der Waals surface area contributed by atoms with Crippen molar-refractivity contribution in [2.75, 3.05) is 6.54 Å². The van der Waals surface area contributed by atoms with E-state index in [4.69, 9.17) is 4.74 Å². The number of ether oxygens (including phenoxy) is 1. The maximum absolute atomic E-state index is 12.3. The van der Waals surface area contributed by atoms with Crippen molar-refractivity contribution >= 4 is 5.91 Å². The lowest BCUT2D eigenvalue weighted by Gasteiger charge is -2.08. The standard InChI is InChI=1S/C20H18N2O2/c23-20(22-14-12-16-7-2-1-3-8-16)17-9-6-10-18(15-17)24-19-11-4-5-13-21-19/h1-11,13,15H,12,14H2,(H,22,23). The number of rotatable bonds is 6. The van der Waals surface area contributed by atoms with E-state index in [0.717, 1.165) is 6.42 Å². The highest BCUT2D eigenvalue weighted by molar-refractivity contribution is 5.94. The third kappa shape index (κ3) is 4.43. The van der Waals surface area contributed by atoms with Gasteiger partial charge in [-0.1, -0.05) is 42.5 Å². The number of benzene rings is 2. The number of hydrogen-bond acceptors (Lipinski definition) is 3. The Bertz CT molecular complexity index is 789. The lowest BCUT2D eigenvalue weighted by atomic mass is 10.1. The molecule has 4 nitrogen and oxygen atoms in total. The molecule has 3 rings (SSSR count). The predicted molar refractivity (Wildman–Crippen MR) is 93.2 cm³/mol. The third-order valence-corrected chi connectivity index (χ3v) is 3.50. The number of carbonyl (C=O) groups excluding carboxylic acids is 1. The first-order chi connectivity index (χ1) is 11.8. The van der Waals surface area contributed by atoms with E-state index in [1.54, 1.807) is 36.5 Å². The quantitative estimate of drug-likeness (QED) is 0.751. The Morgan fingerprint density at radius 2 is 1.79 bits per heavy atom. The van der Waals surface area contributed by atoms with Crippen LogP contribution in [0.5, 0.6) is 11.6 Å². The van der Waals surface area contributed by atoms with Crippen LogP contribution in [0.25, 0.3) is 0 Å². The highest BCUT2D eigenvalue weighted by Crippen LogP contribution is 2.19. The number of carbonyl (C=O) groups is 1. The fourth-order valence-electron chi connectivity index (χ4n) is 2.30. The summed E-state index contributed by atoms with van der Waals surface area (Å²) in [4.78, 5) is 16.4. The second kappa shape index (κ2) is 7.92. The monoisotopic (exact) mass is 318 g/mol. The summed E-state index contributed by atoms with van der Waals surface area (Å²) in [6, 6.07) is 22.6. The molecule has 120 valence electrons. The normalized spacial score (nSPS) is 10.2. The van der Waals surface area contributed by atoms with Gasteiger partial charge in [0.25, 0.3) is 5.91 Å². The van der Waals surface area contributed by atoms with E-state index >= 15 is 0 Å². The van der Waals surface area contributed by atoms with Crippen molar-refractivity contribution in [3.05, 3.63) is 90.1 Å². The van der Waals surface area contributed by atoms with Gasteiger partial charge >= 0.3 is 0 Å². The fraction of sp³-hybridized carbons (Fsp3) is 0.100. The zero-order valence-corrected chi connectivity index (χ0v) is 13.2. The largest absolute Gasteiger partial charge is 0.439 e. The van der Waals surface area contributed by atoms with E-state index in [-0.39, 0.29) is 5.91 Å². The number of aromatic nitrogens is 1. The topological polar surface area (TPSA) is 51.2 Å². The summed E-state index contributed by atoms with van der Waals surface area (Å²) in [7, 11) is 0.